The lowest BCUT2D eigenvalue weighted by atomic mass is 10.1. The molecule has 0 fully saturated rings. The molecule has 25 heavy (non-hydrogen) atoms. The van der Waals surface area contributed by atoms with Gasteiger partial charge >= 0.3 is 0 Å². The molecule has 1 aliphatic rings. The molecule has 0 bridgehead atoms. The first-order valence-corrected chi connectivity index (χ1v) is 8.33. The number of benzene rings is 3. The zero-order chi connectivity index (χ0) is 16.9. The molecule has 0 spiro atoms. The van der Waals surface area contributed by atoms with Crippen molar-refractivity contribution >= 4 is 22.8 Å². The minimum Gasteiger partial charge on any atom is -0.467 e. The third-order valence-electron chi connectivity index (χ3n) is 4.12. The van der Waals surface area contributed by atoms with Gasteiger partial charge in [-0.25, -0.2) is 0 Å². The highest BCUT2D eigenvalue weighted by molar-refractivity contribution is 5.77. The average molecular weight is 329 g/mol. The Balaban J connectivity index is 1.71. The molecule has 0 unspecified atom stereocenters. The molecule has 1 aliphatic heterocycles. The van der Waals surface area contributed by atoms with E-state index in [-0.39, 0.29) is 0 Å². The van der Waals surface area contributed by atoms with Crippen molar-refractivity contribution in [3.63, 3.8) is 0 Å². The van der Waals surface area contributed by atoms with Gasteiger partial charge in [-0.1, -0.05) is 36.4 Å². The summed E-state index contributed by atoms with van der Waals surface area (Å²) in [5.74, 6) is 0.878. The monoisotopic (exact) mass is 329 g/mol. The van der Waals surface area contributed by atoms with Gasteiger partial charge in [0.2, 0.25) is 0 Å². The fourth-order valence-corrected chi connectivity index (χ4v) is 2.92. The van der Waals surface area contributed by atoms with Crippen LogP contribution < -0.4 is 4.90 Å². The molecule has 0 atom stereocenters. The van der Waals surface area contributed by atoms with Crippen molar-refractivity contribution in [2.24, 2.45) is 0 Å². The molecular weight excluding hydrogens is 310 g/mol. The number of hydrogen-bond acceptors (Lipinski definition) is 3. The second-order valence-electron chi connectivity index (χ2n) is 5.75. The first-order valence-electron chi connectivity index (χ1n) is 8.33. The van der Waals surface area contributed by atoms with Gasteiger partial charge in [0.15, 0.2) is 6.79 Å². The van der Waals surface area contributed by atoms with Gasteiger partial charge in [0.1, 0.15) is 5.76 Å². The van der Waals surface area contributed by atoms with E-state index in [2.05, 4.69) is 77.7 Å². The van der Waals surface area contributed by atoms with Crippen LogP contribution in [0.2, 0.25) is 0 Å². The minimum absolute atomic E-state index is 0.313. The maximum atomic E-state index is 5.56. The fraction of sp³-hybridized carbons (Fsp3) is 0.0909. The molecule has 0 aromatic heterocycles. The van der Waals surface area contributed by atoms with E-state index in [0.29, 0.717) is 13.4 Å². The Kier molecular flexibility index (Phi) is 4.49. The zero-order valence-corrected chi connectivity index (χ0v) is 13.8. The molecule has 0 amide bonds. The molecule has 4 rings (SSSR count). The Morgan fingerprint density at radius 3 is 1.72 bits per heavy atom. The summed E-state index contributed by atoms with van der Waals surface area (Å²) in [7, 11) is 0. The summed E-state index contributed by atoms with van der Waals surface area (Å²) >= 11 is 0. The summed E-state index contributed by atoms with van der Waals surface area (Å²) < 4.78 is 10.8. The van der Waals surface area contributed by atoms with Crippen LogP contribution in [0.15, 0.2) is 91.0 Å². The van der Waals surface area contributed by atoms with Gasteiger partial charge in [-0.05, 0) is 54.6 Å². The normalized spacial score (nSPS) is 13.7. The number of rotatable bonds is 4. The van der Waals surface area contributed by atoms with Gasteiger partial charge in [0.05, 0.1) is 6.61 Å². The first kappa shape index (κ1) is 15.5. The SMILES string of the molecule is C1=C(c2ccc(N(c3ccccc3)c3ccccc3)cc2)OCOC1. The van der Waals surface area contributed by atoms with E-state index < -0.39 is 0 Å². The Morgan fingerprint density at radius 2 is 1.20 bits per heavy atom. The number of para-hydroxylation sites is 2. The predicted molar refractivity (Wildman–Crippen MR) is 101 cm³/mol. The molecular formula is C22H19NO2. The molecule has 124 valence electrons. The van der Waals surface area contributed by atoms with Crippen LogP contribution in [-0.4, -0.2) is 13.4 Å². The number of anilines is 3. The maximum absolute atomic E-state index is 5.56. The van der Waals surface area contributed by atoms with Gasteiger partial charge in [-0.3, -0.25) is 0 Å². The molecule has 3 aromatic rings. The van der Waals surface area contributed by atoms with E-state index in [0.717, 1.165) is 28.4 Å². The largest absolute Gasteiger partial charge is 0.467 e. The highest BCUT2D eigenvalue weighted by Crippen LogP contribution is 2.34. The first-order chi connectivity index (χ1) is 12.4. The third kappa shape index (κ3) is 3.42. The highest BCUT2D eigenvalue weighted by atomic mass is 16.7. The van der Waals surface area contributed by atoms with E-state index in [4.69, 9.17) is 9.47 Å². The van der Waals surface area contributed by atoms with E-state index >= 15 is 0 Å². The van der Waals surface area contributed by atoms with E-state index in [9.17, 15) is 0 Å². The second-order valence-corrected chi connectivity index (χ2v) is 5.75. The van der Waals surface area contributed by atoms with Crippen LogP contribution in [0.1, 0.15) is 5.56 Å². The van der Waals surface area contributed by atoms with E-state index in [1.54, 1.807) is 0 Å². The van der Waals surface area contributed by atoms with Crippen LogP contribution >= 0.6 is 0 Å². The highest BCUT2D eigenvalue weighted by Gasteiger charge is 2.13. The van der Waals surface area contributed by atoms with Gasteiger partial charge < -0.3 is 14.4 Å². The molecule has 0 aliphatic carbocycles. The van der Waals surface area contributed by atoms with Gasteiger partial charge in [-0.2, -0.15) is 0 Å². The molecule has 3 heteroatoms. The van der Waals surface area contributed by atoms with Gasteiger partial charge in [0.25, 0.3) is 0 Å². The summed E-state index contributed by atoms with van der Waals surface area (Å²) in [6.07, 6.45) is 1.96. The Labute approximate surface area is 147 Å². The number of nitrogens with zero attached hydrogens (tertiary/aromatic N) is 1. The van der Waals surface area contributed by atoms with Crippen LogP contribution in [0.4, 0.5) is 17.1 Å². The molecule has 3 nitrogen and oxygen atoms in total. The predicted octanol–water partition coefficient (Wildman–Crippen LogP) is 5.50. The van der Waals surface area contributed by atoms with Crippen molar-refractivity contribution in [3.8, 4) is 0 Å². The molecule has 3 aromatic carbocycles. The summed E-state index contributed by atoms with van der Waals surface area (Å²) in [5, 5.41) is 0. The lowest BCUT2D eigenvalue weighted by Crippen LogP contribution is -2.10. The minimum atomic E-state index is 0.313. The zero-order valence-electron chi connectivity index (χ0n) is 13.8. The Morgan fingerprint density at radius 1 is 0.640 bits per heavy atom. The smallest absolute Gasteiger partial charge is 0.189 e. The molecule has 0 saturated heterocycles. The second kappa shape index (κ2) is 7.24. The Bertz CT molecular complexity index is 803. The van der Waals surface area contributed by atoms with Crippen molar-refractivity contribution in [2.45, 2.75) is 0 Å². The fourth-order valence-electron chi connectivity index (χ4n) is 2.92. The van der Waals surface area contributed by atoms with Gasteiger partial charge in [-0.15, -0.1) is 0 Å². The van der Waals surface area contributed by atoms with Gasteiger partial charge in [0, 0.05) is 22.6 Å². The maximum Gasteiger partial charge on any atom is 0.189 e. The summed E-state index contributed by atoms with van der Waals surface area (Å²) in [4.78, 5) is 2.24. The lowest BCUT2D eigenvalue weighted by molar-refractivity contribution is -0.00187. The standard InChI is InChI=1S/C22H19NO2/c1-3-7-19(8-4-1)23(20-9-5-2-6-10-20)21-13-11-18(12-14-21)22-15-16-24-17-25-22/h1-15H,16-17H2. The van der Waals surface area contributed by atoms with Crippen LogP contribution in [0.3, 0.4) is 0 Å². The molecule has 0 radical (unpaired) electrons. The summed E-state index contributed by atoms with van der Waals surface area (Å²) in [6.45, 7) is 0.908. The lowest BCUT2D eigenvalue weighted by Gasteiger charge is -2.25. The number of hydrogen-bond donors (Lipinski definition) is 0. The number of ether oxygens (including phenoxy) is 2. The third-order valence-corrected chi connectivity index (χ3v) is 4.12. The van der Waals surface area contributed by atoms with E-state index in [1.165, 1.54) is 0 Å². The molecule has 1 heterocycles. The van der Waals surface area contributed by atoms with Crippen molar-refractivity contribution < 1.29 is 9.47 Å². The van der Waals surface area contributed by atoms with Crippen molar-refractivity contribution in [2.75, 3.05) is 18.3 Å². The molecule has 0 saturated carbocycles. The molecule has 0 N–H and O–H groups in total. The summed E-state index contributed by atoms with van der Waals surface area (Å²) in [6, 6.07) is 29.2. The van der Waals surface area contributed by atoms with Crippen molar-refractivity contribution in [1.29, 1.82) is 0 Å². The van der Waals surface area contributed by atoms with Crippen molar-refractivity contribution in [3.05, 3.63) is 96.6 Å². The van der Waals surface area contributed by atoms with Crippen LogP contribution in [0.5, 0.6) is 0 Å². The van der Waals surface area contributed by atoms with E-state index in [1.807, 2.05) is 18.2 Å². The summed E-state index contributed by atoms with van der Waals surface area (Å²) in [5.41, 5.74) is 4.42. The average Bonchev–Trinajstić information content (AvgIpc) is 2.71. The van der Waals surface area contributed by atoms with Crippen LogP contribution in [-0.2, 0) is 9.47 Å². The van der Waals surface area contributed by atoms with Crippen LogP contribution in [0.25, 0.3) is 5.76 Å². The quantitative estimate of drug-likeness (QED) is 0.631. The Hall–Kier alpha value is -3.04. The topological polar surface area (TPSA) is 21.7 Å². The van der Waals surface area contributed by atoms with Crippen molar-refractivity contribution in [1.82, 2.24) is 0 Å². The van der Waals surface area contributed by atoms with Crippen LogP contribution in [0, 0.1) is 0 Å².